The molecule has 1 aliphatic rings. The van der Waals surface area contributed by atoms with Gasteiger partial charge in [0.25, 0.3) is 0 Å². The van der Waals surface area contributed by atoms with E-state index in [9.17, 15) is 13.2 Å². The fraction of sp³-hybridized carbons (Fsp3) is 1.00. The van der Waals surface area contributed by atoms with Crippen molar-refractivity contribution in [1.29, 1.82) is 0 Å². The van der Waals surface area contributed by atoms with Gasteiger partial charge in [-0.05, 0) is 19.4 Å². The van der Waals surface area contributed by atoms with E-state index in [1.165, 1.54) is 0 Å². The SMILES string of the molecule is CNC1CC(CC(F)(F)F)CN(CCO)C1. The van der Waals surface area contributed by atoms with E-state index in [1.807, 2.05) is 4.90 Å². The van der Waals surface area contributed by atoms with Gasteiger partial charge in [0.15, 0.2) is 0 Å². The molecule has 2 unspecified atom stereocenters. The quantitative estimate of drug-likeness (QED) is 0.764. The van der Waals surface area contributed by atoms with Crippen LogP contribution in [0.25, 0.3) is 0 Å². The van der Waals surface area contributed by atoms with E-state index in [-0.39, 0.29) is 18.6 Å². The van der Waals surface area contributed by atoms with E-state index in [0.29, 0.717) is 26.1 Å². The standard InChI is InChI=1S/C10H19F3N2O/c1-14-9-4-8(5-10(11,12)13)6-15(7-9)2-3-16/h8-9,14,16H,2-7H2,1H3. The van der Waals surface area contributed by atoms with Crippen LogP contribution in [-0.4, -0.2) is 55.5 Å². The van der Waals surface area contributed by atoms with Crippen molar-refractivity contribution >= 4 is 0 Å². The van der Waals surface area contributed by atoms with Crippen LogP contribution in [0.1, 0.15) is 12.8 Å². The number of alkyl halides is 3. The van der Waals surface area contributed by atoms with Crippen LogP contribution in [0.3, 0.4) is 0 Å². The molecular weight excluding hydrogens is 221 g/mol. The average molecular weight is 240 g/mol. The summed E-state index contributed by atoms with van der Waals surface area (Å²) in [5.41, 5.74) is 0. The van der Waals surface area contributed by atoms with Crippen molar-refractivity contribution in [3.05, 3.63) is 0 Å². The van der Waals surface area contributed by atoms with Crippen LogP contribution >= 0.6 is 0 Å². The number of likely N-dealkylation sites (N-methyl/N-ethyl adjacent to an activating group) is 1. The van der Waals surface area contributed by atoms with Crippen molar-refractivity contribution in [2.24, 2.45) is 5.92 Å². The third-order valence-electron chi connectivity index (χ3n) is 2.96. The van der Waals surface area contributed by atoms with Crippen molar-refractivity contribution in [3.63, 3.8) is 0 Å². The smallest absolute Gasteiger partial charge is 0.389 e. The molecule has 3 nitrogen and oxygen atoms in total. The molecule has 1 rings (SSSR count). The third-order valence-corrected chi connectivity index (χ3v) is 2.96. The Kier molecular flexibility index (Phi) is 5.01. The maximum Gasteiger partial charge on any atom is 0.389 e. The first-order chi connectivity index (χ1) is 7.44. The van der Waals surface area contributed by atoms with Gasteiger partial charge in [0.2, 0.25) is 0 Å². The predicted molar refractivity (Wildman–Crippen MR) is 55.2 cm³/mol. The van der Waals surface area contributed by atoms with Crippen LogP contribution < -0.4 is 5.32 Å². The fourth-order valence-electron chi connectivity index (χ4n) is 2.31. The van der Waals surface area contributed by atoms with Gasteiger partial charge in [0.1, 0.15) is 0 Å². The first-order valence-electron chi connectivity index (χ1n) is 5.52. The lowest BCUT2D eigenvalue weighted by molar-refractivity contribution is -0.149. The molecule has 1 heterocycles. The summed E-state index contributed by atoms with van der Waals surface area (Å²) in [6.07, 6.45) is -4.27. The van der Waals surface area contributed by atoms with Crippen molar-refractivity contribution in [3.8, 4) is 0 Å². The molecule has 0 bridgehead atoms. The second-order valence-electron chi connectivity index (χ2n) is 4.39. The first kappa shape index (κ1) is 13.7. The average Bonchev–Trinajstić information content (AvgIpc) is 2.15. The number of hydrogen-bond acceptors (Lipinski definition) is 3. The third kappa shape index (κ3) is 4.67. The Morgan fingerprint density at radius 2 is 2.06 bits per heavy atom. The van der Waals surface area contributed by atoms with Gasteiger partial charge >= 0.3 is 6.18 Å². The number of aliphatic hydroxyl groups excluding tert-OH is 1. The number of piperidine rings is 1. The topological polar surface area (TPSA) is 35.5 Å². The number of nitrogens with one attached hydrogen (secondary N) is 1. The van der Waals surface area contributed by atoms with Gasteiger partial charge in [0, 0.05) is 32.1 Å². The van der Waals surface area contributed by atoms with E-state index >= 15 is 0 Å². The summed E-state index contributed by atoms with van der Waals surface area (Å²) in [6.45, 7) is 1.59. The van der Waals surface area contributed by atoms with E-state index in [0.717, 1.165) is 0 Å². The molecule has 1 fully saturated rings. The summed E-state index contributed by atoms with van der Waals surface area (Å²) in [6, 6.07) is 0.0904. The number of nitrogens with zero attached hydrogens (tertiary/aromatic N) is 1. The molecule has 0 aromatic rings. The van der Waals surface area contributed by atoms with Crippen LogP contribution in [0.15, 0.2) is 0 Å². The summed E-state index contributed by atoms with van der Waals surface area (Å²) in [5, 5.41) is 11.8. The van der Waals surface area contributed by atoms with E-state index < -0.39 is 12.6 Å². The zero-order chi connectivity index (χ0) is 12.2. The molecule has 0 saturated carbocycles. The van der Waals surface area contributed by atoms with E-state index in [2.05, 4.69) is 5.32 Å². The Morgan fingerprint density at radius 3 is 2.56 bits per heavy atom. The first-order valence-corrected chi connectivity index (χ1v) is 5.52. The second-order valence-corrected chi connectivity index (χ2v) is 4.39. The van der Waals surface area contributed by atoms with Crippen LogP contribution in [0, 0.1) is 5.92 Å². The van der Waals surface area contributed by atoms with Gasteiger partial charge in [0.05, 0.1) is 6.61 Å². The molecule has 0 aliphatic carbocycles. The summed E-state index contributed by atoms with van der Waals surface area (Å²) in [4.78, 5) is 1.89. The number of hydrogen-bond donors (Lipinski definition) is 2. The van der Waals surface area contributed by atoms with Gasteiger partial charge in [-0.2, -0.15) is 13.2 Å². The van der Waals surface area contributed by atoms with Crippen molar-refractivity contribution in [2.45, 2.75) is 25.1 Å². The normalized spacial score (nSPS) is 28.3. The molecule has 2 N–H and O–H groups in total. The van der Waals surface area contributed by atoms with Crippen LogP contribution in [0.2, 0.25) is 0 Å². The largest absolute Gasteiger partial charge is 0.395 e. The summed E-state index contributed by atoms with van der Waals surface area (Å²) >= 11 is 0. The van der Waals surface area contributed by atoms with E-state index in [4.69, 9.17) is 5.11 Å². The lowest BCUT2D eigenvalue weighted by Crippen LogP contribution is -2.49. The van der Waals surface area contributed by atoms with E-state index in [1.54, 1.807) is 7.05 Å². The molecular formula is C10H19F3N2O. The summed E-state index contributed by atoms with van der Waals surface area (Å²) in [7, 11) is 1.76. The van der Waals surface area contributed by atoms with Gasteiger partial charge in [-0.15, -0.1) is 0 Å². The van der Waals surface area contributed by atoms with Gasteiger partial charge in [-0.1, -0.05) is 0 Å². The maximum absolute atomic E-state index is 12.3. The zero-order valence-electron chi connectivity index (χ0n) is 9.43. The molecule has 0 aromatic heterocycles. The molecule has 0 amide bonds. The minimum atomic E-state index is -4.09. The highest BCUT2D eigenvalue weighted by molar-refractivity contribution is 4.83. The minimum Gasteiger partial charge on any atom is -0.395 e. The highest BCUT2D eigenvalue weighted by Gasteiger charge is 2.36. The Hall–Kier alpha value is -0.330. The highest BCUT2D eigenvalue weighted by Crippen LogP contribution is 2.30. The number of halogens is 3. The van der Waals surface area contributed by atoms with Crippen LogP contribution in [-0.2, 0) is 0 Å². The van der Waals surface area contributed by atoms with Crippen molar-refractivity contribution in [1.82, 2.24) is 10.2 Å². The molecule has 0 spiro atoms. The molecule has 96 valence electrons. The maximum atomic E-state index is 12.3. The molecule has 1 saturated heterocycles. The molecule has 6 heteroatoms. The Morgan fingerprint density at radius 1 is 1.38 bits per heavy atom. The van der Waals surface area contributed by atoms with Crippen LogP contribution in [0.5, 0.6) is 0 Å². The van der Waals surface area contributed by atoms with Gasteiger partial charge in [-0.3, -0.25) is 4.90 Å². The molecule has 2 atom stereocenters. The second kappa shape index (κ2) is 5.84. The van der Waals surface area contributed by atoms with Gasteiger partial charge in [-0.25, -0.2) is 0 Å². The molecule has 1 aliphatic heterocycles. The highest BCUT2D eigenvalue weighted by atomic mass is 19.4. The predicted octanol–water partition coefficient (Wildman–Crippen LogP) is 0.841. The molecule has 0 aromatic carbocycles. The number of likely N-dealkylation sites (tertiary alicyclic amines) is 1. The number of β-amino-alcohol motifs (C(OH)–C–C–N with tert-alkyl or cyclic N) is 1. The zero-order valence-corrected chi connectivity index (χ0v) is 9.43. The minimum absolute atomic E-state index is 0.00479. The monoisotopic (exact) mass is 240 g/mol. The van der Waals surface area contributed by atoms with Crippen molar-refractivity contribution in [2.75, 3.05) is 33.3 Å². The Balaban J connectivity index is 2.50. The number of rotatable bonds is 4. The lowest BCUT2D eigenvalue weighted by Gasteiger charge is -2.37. The fourth-order valence-corrected chi connectivity index (χ4v) is 2.31. The van der Waals surface area contributed by atoms with Crippen molar-refractivity contribution < 1.29 is 18.3 Å². The molecule has 16 heavy (non-hydrogen) atoms. The Bertz CT molecular complexity index is 211. The lowest BCUT2D eigenvalue weighted by atomic mass is 9.91. The summed E-state index contributed by atoms with van der Waals surface area (Å²) < 4.78 is 36.9. The molecule has 0 radical (unpaired) electrons. The number of aliphatic hydroxyl groups is 1. The Labute approximate surface area is 93.6 Å². The van der Waals surface area contributed by atoms with Crippen LogP contribution in [0.4, 0.5) is 13.2 Å². The van der Waals surface area contributed by atoms with Gasteiger partial charge < -0.3 is 10.4 Å². The summed E-state index contributed by atoms with van der Waals surface area (Å²) in [5.74, 6) is -0.363.